The fourth-order valence-electron chi connectivity index (χ4n) is 2.57. The van der Waals surface area contributed by atoms with Gasteiger partial charge in [-0.05, 0) is 55.6 Å². The third-order valence-corrected chi connectivity index (χ3v) is 3.82. The van der Waals surface area contributed by atoms with Crippen LogP contribution in [0.2, 0.25) is 5.02 Å². The molecule has 0 spiro atoms. The second-order valence-electron chi connectivity index (χ2n) is 5.30. The summed E-state index contributed by atoms with van der Waals surface area (Å²) < 4.78 is 0. The summed E-state index contributed by atoms with van der Waals surface area (Å²) in [5.41, 5.74) is 5.29. The van der Waals surface area contributed by atoms with E-state index >= 15 is 0 Å². The number of aryl methyl sites for hydroxylation is 2. The van der Waals surface area contributed by atoms with E-state index in [-0.39, 0.29) is 0 Å². The highest BCUT2D eigenvalue weighted by molar-refractivity contribution is 6.30. The zero-order valence-corrected chi connectivity index (χ0v) is 13.2. The Hall–Kier alpha value is -1.31. The van der Waals surface area contributed by atoms with Crippen LogP contribution < -0.4 is 5.32 Å². The van der Waals surface area contributed by atoms with E-state index < -0.39 is 0 Å². The van der Waals surface area contributed by atoms with Crippen molar-refractivity contribution >= 4 is 11.6 Å². The molecule has 0 aliphatic carbocycles. The Morgan fingerprint density at radius 3 is 2.60 bits per heavy atom. The van der Waals surface area contributed by atoms with Crippen LogP contribution in [-0.4, -0.2) is 6.54 Å². The monoisotopic (exact) mass is 287 g/mol. The van der Waals surface area contributed by atoms with Gasteiger partial charge in [-0.15, -0.1) is 0 Å². The van der Waals surface area contributed by atoms with Crippen LogP contribution in [0.1, 0.15) is 35.2 Å². The summed E-state index contributed by atoms with van der Waals surface area (Å²) in [4.78, 5) is 0. The fraction of sp³-hybridized carbons (Fsp3) is 0.333. The Bertz CT molecular complexity index is 577. The van der Waals surface area contributed by atoms with Gasteiger partial charge in [0.1, 0.15) is 0 Å². The molecule has 1 unspecified atom stereocenters. The summed E-state index contributed by atoms with van der Waals surface area (Å²) in [6, 6.07) is 15.1. The van der Waals surface area contributed by atoms with Crippen molar-refractivity contribution in [1.29, 1.82) is 0 Å². The molecule has 0 aromatic heterocycles. The standard InChI is InChI=1S/C18H22ClN/c1-4-20-18(12-15-6-5-7-16(19)11-15)17-10-13(2)8-9-14(17)3/h5-11,18,20H,4,12H2,1-3H3. The third kappa shape index (κ3) is 3.84. The van der Waals surface area contributed by atoms with Crippen LogP contribution in [0.15, 0.2) is 42.5 Å². The molecule has 0 aliphatic rings. The lowest BCUT2D eigenvalue weighted by Crippen LogP contribution is -2.23. The summed E-state index contributed by atoms with van der Waals surface area (Å²) in [7, 11) is 0. The first-order chi connectivity index (χ1) is 9.60. The zero-order chi connectivity index (χ0) is 14.5. The molecule has 1 nitrogen and oxygen atoms in total. The zero-order valence-electron chi connectivity index (χ0n) is 12.4. The Morgan fingerprint density at radius 2 is 1.90 bits per heavy atom. The van der Waals surface area contributed by atoms with E-state index in [9.17, 15) is 0 Å². The van der Waals surface area contributed by atoms with Crippen LogP contribution in [0.4, 0.5) is 0 Å². The minimum atomic E-state index is 0.332. The summed E-state index contributed by atoms with van der Waals surface area (Å²) in [5.74, 6) is 0. The molecule has 0 amide bonds. The number of hydrogen-bond acceptors (Lipinski definition) is 1. The number of nitrogens with one attached hydrogen (secondary N) is 1. The SMILES string of the molecule is CCNC(Cc1cccc(Cl)c1)c1cc(C)ccc1C. The minimum Gasteiger partial charge on any atom is -0.310 e. The predicted molar refractivity (Wildman–Crippen MR) is 87.5 cm³/mol. The van der Waals surface area contributed by atoms with Crippen LogP contribution in [0.5, 0.6) is 0 Å². The van der Waals surface area contributed by atoms with Gasteiger partial charge >= 0.3 is 0 Å². The highest BCUT2D eigenvalue weighted by atomic mass is 35.5. The molecule has 0 fully saturated rings. The molecule has 106 valence electrons. The van der Waals surface area contributed by atoms with Crippen molar-refractivity contribution < 1.29 is 0 Å². The molecule has 0 saturated heterocycles. The first kappa shape index (κ1) is 15.1. The summed E-state index contributed by atoms with van der Waals surface area (Å²) in [6.07, 6.45) is 0.957. The van der Waals surface area contributed by atoms with Crippen molar-refractivity contribution in [3.63, 3.8) is 0 Å². The van der Waals surface area contributed by atoms with E-state index in [2.05, 4.69) is 56.4 Å². The van der Waals surface area contributed by atoms with E-state index in [1.54, 1.807) is 0 Å². The van der Waals surface area contributed by atoms with Gasteiger partial charge in [0.15, 0.2) is 0 Å². The molecular weight excluding hydrogens is 266 g/mol. The number of halogens is 1. The number of hydrogen-bond donors (Lipinski definition) is 1. The predicted octanol–water partition coefficient (Wildman–Crippen LogP) is 4.85. The maximum absolute atomic E-state index is 6.09. The van der Waals surface area contributed by atoms with E-state index in [4.69, 9.17) is 11.6 Å². The van der Waals surface area contributed by atoms with Gasteiger partial charge in [-0.3, -0.25) is 0 Å². The summed E-state index contributed by atoms with van der Waals surface area (Å²) in [6.45, 7) is 7.43. The molecule has 1 atom stereocenters. The lowest BCUT2D eigenvalue weighted by Gasteiger charge is -2.21. The van der Waals surface area contributed by atoms with Crippen LogP contribution >= 0.6 is 11.6 Å². The van der Waals surface area contributed by atoms with Gasteiger partial charge in [0.05, 0.1) is 0 Å². The Kier molecular flexibility index (Phi) is 5.22. The molecule has 0 aliphatic heterocycles. The normalized spacial score (nSPS) is 12.4. The molecule has 2 aromatic carbocycles. The van der Waals surface area contributed by atoms with Crippen molar-refractivity contribution in [2.45, 2.75) is 33.2 Å². The summed E-state index contributed by atoms with van der Waals surface area (Å²) in [5, 5.41) is 4.40. The van der Waals surface area contributed by atoms with Crippen LogP contribution in [0.3, 0.4) is 0 Å². The van der Waals surface area contributed by atoms with E-state index in [0.717, 1.165) is 18.0 Å². The maximum Gasteiger partial charge on any atom is 0.0408 e. The third-order valence-electron chi connectivity index (χ3n) is 3.59. The van der Waals surface area contributed by atoms with Gasteiger partial charge in [0.25, 0.3) is 0 Å². The maximum atomic E-state index is 6.09. The highest BCUT2D eigenvalue weighted by Gasteiger charge is 2.14. The summed E-state index contributed by atoms with van der Waals surface area (Å²) >= 11 is 6.09. The average molecular weight is 288 g/mol. The number of benzene rings is 2. The Labute approximate surface area is 127 Å². The van der Waals surface area contributed by atoms with Gasteiger partial charge in [-0.2, -0.15) is 0 Å². The second-order valence-corrected chi connectivity index (χ2v) is 5.74. The van der Waals surface area contributed by atoms with Gasteiger partial charge in [0, 0.05) is 11.1 Å². The molecule has 2 rings (SSSR count). The molecule has 20 heavy (non-hydrogen) atoms. The molecule has 1 N–H and O–H groups in total. The first-order valence-electron chi connectivity index (χ1n) is 7.15. The van der Waals surface area contributed by atoms with Crippen molar-refractivity contribution in [3.8, 4) is 0 Å². The largest absolute Gasteiger partial charge is 0.310 e. The van der Waals surface area contributed by atoms with Gasteiger partial charge < -0.3 is 5.32 Å². The smallest absolute Gasteiger partial charge is 0.0408 e. The van der Waals surface area contributed by atoms with Crippen molar-refractivity contribution in [2.75, 3.05) is 6.54 Å². The topological polar surface area (TPSA) is 12.0 Å². The average Bonchev–Trinajstić information content (AvgIpc) is 2.41. The molecule has 0 heterocycles. The van der Waals surface area contributed by atoms with Crippen LogP contribution in [0, 0.1) is 13.8 Å². The van der Waals surface area contributed by atoms with Crippen molar-refractivity contribution in [1.82, 2.24) is 5.32 Å². The Balaban J connectivity index is 2.29. The molecule has 0 radical (unpaired) electrons. The van der Waals surface area contributed by atoms with Gasteiger partial charge in [-0.1, -0.05) is 54.4 Å². The lowest BCUT2D eigenvalue weighted by molar-refractivity contribution is 0.547. The molecule has 2 heteroatoms. The minimum absolute atomic E-state index is 0.332. The van der Waals surface area contributed by atoms with E-state index in [0.29, 0.717) is 6.04 Å². The van der Waals surface area contributed by atoms with Crippen LogP contribution in [-0.2, 0) is 6.42 Å². The Morgan fingerprint density at radius 1 is 1.10 bits per heavy atom. The number of likely N-dealkylation sites (N-methyl/N-ethyl adjacent to an activating group) is 1. The molecular formula is C18H22ClN. The highest BCUT2D eigenvalue weighted by Crippen LogP contribution is 2.24. The van der Waals surface area contributed by atoms with Crippen molar-refractivity contribution in [2.24, 2.45) is 0 Å². The van der Waals surface area contributed by atoms with E-state index in [1.165, 1.54) is 22.3 Å². The fourth-order valence-corrected chi connectivity index (χ4v) is 2.79. The van der Waals surface area contributed by atoms with Gasteiger partial charge in [0.2, 0.25) is 0 Å². The van der Waals surface area contributed by atoms with Crippen LogP contribution in [0.25, 0.3) is 0 Å². The molecule has 0 saturated carbocycles. The number of rotatable bonds is 5. The van der Waals surface area contributed by atoms with Crippen molar-refractivity contribution in [3.05, 3.63) is 69.7 Å². The lowest BCUT2D eigenvalue weighted by atomic mass is 9.94. The quantitative estimate of drug-likeness (QED) is 0.829. The van der Waals surface area contributed by atoms with E-state index in [1.807, 2.05) is 12.1 Å². The van der Waals surface area contributed by atoms with Gasteiger partial charge in [-0.25, -0.2) is 0 Å². The first-order valence-corrected chi connectivity index (χ1v) is 7.53. The second kappa shape index (κ2) is 6.92. The molecule has 0 bridgehead atoms. The molecule has 2 aromatic rings.